The Hall–Kier alpha value is -3.36. The van der Waals surface area contributed by atoms with Crippen molar-refractivity contribution >= 4 is 28.1 Å². The zero-order valence-electron chi connectivity index (χ0n) is 16.6. The summed E-state index contributed by atoms with van der Waals surface area (Å²) in [7, 11) is 0. The number of nitrogens with zero attached hydrogens (tertiary/aromatic N) is 2. The molecule has 1 aliphatic rings. The fourth-order valence-corrected chi connectivity index (χ4v) is 3.90. The maximum absolute atomic E-state index is 13.0. The average Bonchev–Trinajstić information content (AvgIpc) is 3.03. The van der Waals surface area contributed by atoms with Crippen molar-refractivity contribution < 1.29 is 18.0 Å². The van der Waals surface area contributed by atoms with Crippen molar-refractivity contribution in [2.45, 2.75) is 31.9 Å². The van der Waals surface area contributed by atoms with Gasteiger partial charge in [0.1, 0.15) is 0 Å². The number of nitrogens with one attached hydrogen (secondary N) is 2. The standard InChI is InChI=1S/C22H21F3N4O2/c23-22(24,25)21(31)26-17-13-14(9-10-18(17)29-11-5-1-2-6-12-29)19-15-7-3-4-8-16(15)20(30)28-27-19/h3-4,7-10,13H,1-2,5-6,11-12H2,(H,26,31)(H,28,30). The lowest BCUT2D eigenvalue weighted by atomic mass is 10.0. The molecule has 0 spiro atoms. The normalized spacial score (nSPS) is 15.0. The molecule has 0 unspecified atom stereocenters. The number of amides is 1. The molecule has 4 rings (SSSR count). The molecule has 0 aliphatic carbocycles. The van der Waals surface area contributed by atoms with Crippen molar-refractivity contribution in [2.75, 3.05) is 23.3 Å². The minimum atomic E-state index is -5.00. The third kappa shape index (κ3) is 4.40. The van der Waals surface area contributed by atoms with E-state index < -0.39 is 12.1 Å². The van der Waals surface area contributed by atoms with E-state index in [1.807, 2.05) is 10.2 Å². The van der Waals surface area contributed by atoms with Crippen LogP contribution in [0.5, 0.6) is 0 Å². The monoisotopic (exact) mass is 430 g/mol. The SMILES string of the molecule is O=C(Nc1cc(-c2n[nH]c(=O)c3ccccc23)ccc1N1CCCCCC1)C(F)(F)F. The lowest BCUT2D eigenvalue weighted by Crippen LogP contribution is -2.31. The number of alkyl halides is 3. The van der Waals surface area contributed by atoms with E-state index in [-0.39, 0.29) is 11.2 Å². The minimum absolute atomic E-state index is 0.0683. The van der Waals surface area contributed by atoms with Crippen molar-refractivity contribution in [1.82, 2.24) is 10.2 Å². The van der Waals surface area contributed by atoms with Crippen LogP contribution in [0.3, 0.4) is 0 Å². The van der Waals surface area contributed by atoms with E-state index in [2.05, 4.69) is 10.2 Å². The number of aromatic nitrogens is 2. The summed E-state index contributed by atoms with van der Waals surface area (Å²) in [5, 5.41) is 9.57. The Morgan fingerprint density at radius 3 is 2.35 bits per heavy atom. The van der Waals surface area contributed by atoms with E-state index in [4.69, 9.17) is 0 Å². The summed E-state index contributed by atoms with van der Waals surface area (Å²) >= 11 is 0. The molecule has 9 heteroatoms. The molecule has 1 saturated heterocycles. The average molecular weight is 430 g/mol. The summed E-state index contributed by atoms with van der Waals surface area (Å²) in [6.45, 7) is 1.40. The number of anilines is 2. The smallest absolute Gasteiger partial charge is 0.370 e. The van der Waals surface area contributed by atoms with Crippen LogP contribution < -0.4 is 15.8 Å². The second-order valence-electron chi connectivity index (χ2n) is 7.53. The molecule has 6 nitrogen and oxygen atoms in total. The highest BCUT2D eigenvalue weighted by molar-refractivity contribution is 6.00. The van der Waals surface area contributed by atoms with Gasteiger partial charge < -0.3 is 10.2 Å². The van der Waals surface area contributed by atoms with Crippen molar-refractivity contribution in [2.24, 2.45) is 0 Å². The molecule has 0 bridgehead atoms. The largest absolute Gasteiger partial charge is 0.471 e. The summed E-state index contributed by atoms with van der Waals surface area (Å²) < 4.78 is 38.9. The number of hydrogen-bond donors (Lipinski definition) is 2. The minimum Gasteiger partial charge on any atom is -0.370 e. The number of hydrogen-bond acceptors (Lipinski definition) is 4. The Morgan fingerprint density at radius 2 is 1.68 bits per heavy atom. The van der Waals surface area contributed by atoms with Gasteiger partial charge in [0.15, 0.2) is 0 Å². The van der Waals surface area contributed by atoms with Crippen LogP contribution in [0.1, 0.15) is 25.7 Å². The van der Waals surface area contributed by atoms with Gasteiger partial charge in [0.05, 0.1) is 22.5 Å². The molecule has 3 aromatic rings. The molecule has 0 radical (unpaired) electrons. The Bertz CT molecular complexity index is 1170. The number of carbonyl (C=O) groups is 1. The van der Waals surface area contributed by atoms with E-state index in [1.54, 1.807) is 36.4 Å². The topological polar surface area (TPSA) is 78.1 Å². The highest BCUT2D eigenvalue weighted by atomic mass is 19.4. The fraction of sp³-hybridized carbons (Fsp3) is 0.318. The first-order chi connectivity index (χ1) is 14.8. The number of rotatable bonds is 3. The Labute approximate surface area is 176 Å². The van der Waals surface area contributed by atoms with Gasteiger partial charge in [0.25, 0.3) is 5.56 Å². The second-order valence-corrected chi connectivity index (χ2v) is 7.53. The van der Waals surface area contributed by atoms with Gasteiger partial charge in [0.2, 0.25) is 0 Å². The molecule has 2 aromatic carbocycles. The first-order valence-corrected chi connectivity index (χ1v) is 10.1. The van der Waals surface area contributed by atoms with Crippen molar-refractivity contribution in [1.29, 1.82) is 0 Å². The number of halogens is 3. The summed E-state index contributed by atoms with van der Waals surface area (Å²) in [4.78, 5) is 25.8. The number of carbonyl (C=O) groups excluding carboxylic acids is 1. The van der Waals surface area contributed by atoms with Gasteiger partial charge in [-0.2, -0.15) is 18.3 Å². The Kier molecular flexibility index (Phi) is 5.67. The van der Waals surface area contributed by atoms with Crippen LogP contribution in [-0.2, 0) is 4.79 Å². The third-order valence-electron chi connectivity index (χ3n) is 5.42. The highest BCUT2D eigenvalue weighted by Crippen LogP contribution is 2.35. The van der Waals surface area contributed by atoms with Crippen LogP contribution in [0.4, 0.5) is 24.5 Å². The Morgan fingerprint density at radius 1 is 1.00 bits per heavy atom. The molecule has 0 atom stereocenters. The van der Waals surface area contributed by atoms with E-state index in [1.165, 1.54) is 6.07 Å². The van der Waals surface area contributed by atoms with Gasteiger partial charge >= 0.3 is 12.1 Å². The summed E-state index contributed by atoms with van der Waals surface area (Å²) in [6.07, 6.45) is -1.02. The van der Waals surface area contributed by atoms with Crippen LogP contribution in [-0.4, -0.2) is 35.4 Å². The molecular weight excluding hydrogens is 409 g/mol. The van der Waals surface area contributed by atoms with Crippen LogP contribution >= 0.6 is 0 Å². The number of H-pyrrole nitrogens is 1. The zero-order chi connectivity index (χ0) is 22.0. The molecular formula is C22H21F3N4O2. The molecule has 2 heterocycles. The molecule has 1 aromatic heterocycles. The summed E-state index contributed by atoms with van der Waals surface area (Å²) in [6, 6.07) is 11.8. The van der Waals surface area contributed by atoms with E-state index in [0.717, 1.165) is 25.7 Å². The predicted molar refractivity (Wildman–Crippen MR) is 113 cm³/mol. The molecule has 31 heavy (non-hydrogen) atoms. The van der Waals surface area contributed by atoms with Gasteiger partial charge in [-0.3, -0.25) is 9.59 Å². The second kappa shape index (κ2) is 8.41. The number of fused-ring (bicyclic) bond motifs is 1. The molecule has 0 saturated carbocycles. The first-order valence-electron chi connectivity index (χ1n) is 10.1. The lowest BCUT2D eigenvalue weighted by Gasteiger charge is -2.26. The predicted octanol–water partition coefficient (Wildman–Crippen LogP) is 4.47. The number of aromatic amines is 1. The van der Waals surface area contributed by atoms with Crippen LogP contribution in [0, 0.1) is 0 Å². The lowest BCUT2D eigenvalue weighted by molar-refractivity contribution is -0.167. The Balaban J connectivity index is 1.82. The van der Waals surface area contributed by atoms with Crippen LogP contribution in [0.2, 0.25) is 0 Å². The molecule has 2 N–H and O–H groups in total. The van der Waals surface area contributed by atoms with E-state index in [9.17, 15) is 22.8 Å². The van der Waals surface area contributed by atoms with Gasteiger partial charge in [-0.25, -0.2) is 5.10 Å². The van der Waals surface area contributed by atoms with Gasteiger partial charge in [-0.15, -0.1) is 0 Å². The van der Waals surface area contributed by atoms with Crippen LogP contribution in [0.15, 0.2) is 47.3 Å². The molecule has 1 amide bonds. The van der Waals surface area contributed by atoms with E-state index >= 15 is 0 Å². The number of benzene rings is 2. The maximum atomic E-state index is 13.0. The highest BCUT2D eigenvalue weighted by Gasteiger charge is 2.39. The van der Waals surface area contributed by atoms with Gasteiger partial charge in [-0.05, 0) is 31.0 Å². The van der Waals surface area contributed by atoms with Gasteiger partial charge in [-0.1, -0.05) is 37.1 Å². The third-order valence-corrected chi connectivity index (χ3v) is 5.42. The molecule has 1 fully saturated rings. The molecule has 162 valence electrons. The maximum Gasteiger partial charge on any atom is 0.471 e. The quantitative estimate of drug-likeness (QED) is 0.643. The summed E-state index contributed by atoms with van der Waals surface area (Å²) in [5.41, 5.74) is 1.16. The van der Waals surface area contributed by atoms with Crippen molar-refractivity contribution in [3.8, 4) is 11.3 Å². The van der Waals surface area contributed by atoms with E-state index in [0.29, 0.717) is 40.8 Å². The van der Waals surface area contributed by atoms with Crippen LogP contribution in [0.25, 0.3) is 22.0 Å². The van der Waals surface area contributed by atoms with Gasteiger partial charge in [0, 0.05) is 24.0 Å². The van der Waals surface area contributed by atoms with Crippen molar-refractivity contribution in [3.63, 3.8) is 0 Å². The molecule has 1 aliphatic heterocycles. The fourth-order valence-electron chi connectivity index (χ4n) is 3.90. The summed E-state index contributed by atoms with van der Waals surface area (Å²) in [5.74, 6) is -2.03. The zero-order valence-corrected chi connectivity index (χ0v) is 16.6. The van der Waals surface area contributed by atoms with Crippen molar-refractivity contribution in [3.05, 3.63) is 52.8 Å². The first kappa shape index (κ1) is 20.9.